The van der Waals surface area contributed by atoms with E-state index < -0.39 is 0 Å². The molecule has 1 N–H and O–H groups in total. The Kier molecular flexibility index (Phi) is 5.24. The Hall–Kier alpha value is -2.53. The number of rotatable bonds is 4. The summed E-state index contributed by atoms with van der Waals surface area (Å²) in [5, 5.41) is 2.78. The third-order valence-corrected chi connectivity index (χ3v) is 4.54. The third kappa shape index (κ3) is 4.31. The van der Waals surface area contributed by atoms with E-state index in [0.29, 0.717) is 17.4 Å². The van der Waals surface area contributed by atoms with E-state index in [1.54, 1.807) is 6.07 Å². The van der Waals surface area contributed by atoms with Crippen molar-refractivity contribution in [2.75, 3.05) is 19.4 Å². The molecule has 1 heterocycles. The Morgan fingerprint density at radius 1 is 1.20 bits per heavy atom. The topological polar surface area (TPSA) is 45.2 Å². The van der Waals surface area contributed by atoms with Gasteiger partial charge in [0.2, 0.25) is 0 Å². The molecule has 1 atom stereocenters. The normalized spacial score (nSPS) is 17.3. The SMILES string of the molecule is CN(C)C1CC=C(c2cccc(NC(=O)c3ccc(F)cc3)n2)CC1. The van der Waals surface area contributed by atoms with Crippen LogP contribution in [0, 0.1) is 5.82 Å². The smallest absolute Gasteiger partial charge is 0.256 e. The highest BCUT2D eigenvalue weighted by molar-refractivity contribution is 6.03. The highest BCUT2D eigenvalue weighted by atomic mass is 19.1. The number of allylic oxidation sites excluding steroid dienone is 1. The van der Waals surface area contributed by atoms with Gasteiger partial charge < -0.3 is 10.2 Å². The Balaban J connectivity index is 1.71. The summed E-state index contributed by atoms with van der Waals surface area (Å²) < 4.78 is 13.0. The molecule has 0 spiro atoms. The first-order chi connectivity index (χ1) is 12.0. The van der Waals surface area contributed by atoms with Gasteiger partial charge in [-0.05, 0) is 75.3 Å². The van der Waals surface area contributed by atoms with E-state index in [4.69, 9.17) is 0 Å². The molecule has 4 nitrogen and oxygen atoms in total. The van der Waals surface area contributed by atoms with Gasteiger partial charge in [-0.15, -0.1) is 0 Å². The molecule has 1 aromatic carbocycles. The van der Waals surface area contributed by atoms with Crippen LogP contribution >= 0.6 is 0 Å². The van der Waals surface area contributed by atoms with Crippen LogP contribution in [-0.4, -0.2) is 35.9 Å². The van der Waals surface area contributed by atoms with E-state index in [1.165, 1.54) is 29.8 Å². The summed E-state index contributed by atoms with van der Waals surface area (Å²) in [5.74, 6) is -0.158. The van der Waals surface area contributed by atoms with Crippen molar-refractivity contribution >= 4 is 17.3 Å². The van der Waals surface area contributed by atoms with Crippen molar-refractivity contribution < 1.29 is 9.18 Å². The first-order valence-corrected chi connectivity index (χ1v) is 8.43. The van der Waals surface area contributed by atoms with Crippen LogP contribution in [0.25, 0.3) is 5.57 Å². The molecule has 2 aromatic rings. The lowest BCUT2D eigenvalue weighted by Crippen LogP contribution is -2.29. The first-order valence-electron chi connectivity index (χ1n) is 8.43. The van der Waals surface area contributed by atoms with Crippen LogP contribution < -0.4 is 5.32 Å². The number of carbonyl (C=O) groups excluding carboxylic acids is 1. The minimum atomic E-state index is -0.364. The average Bonchev–Trinajstić information content (AvgIpc) is 2.62. The molecule has 1 amide bonds. The number of nitrogens with zero attached hydrogens (tertiary/aromatic N) is 2. The number of benzene rings is 1. The summed E-state index contributed by atoms with van der Waals surface area (Å²) >= 11 is 0. The number of halogens is 1. The van der Waals surface area contributed by atoms with Gasteiger partial charge in [0.15, 0.2) is 0 Å². The molecule has 1 aliphatic rings. The van der Waals surface area contributed by atoms with Crippen LogP contribution in [0.2, 0.25) is 0 Å². The minimum absolute atomic E-state index is 0.296. The van der Waals surface area contributed by atoms with Crippen LogP contribution in [0.1, 0.15) is 35.3 Å². The lowest BCUT2D eigenvalue weighted by atomic mass is 9.92. The number of amides is 1. The van der Waals surface area contributed by atoms with Crippen molar-refractivity contribution in [2.45, 2.75) is 25.3 Å². The average molecular weight is 339 g/mol. The van der Waals surface area contributed by atoms with Crippen LogP contribution in [0.15, 0.2) is 48.5 Å². The molecule has 0 saturated carbocycles. The fraction of sp³-hybridized carbons (Fsp3) is 0.300. The standard InChI is InChI=1S/C20H22FN3O/c1-24(2)17-12-8-14(9-13-17)18-4-3-5-19(22-18)23-20(25)15-6-10-16(21)11-7-15/h3-8,10-11,17H,9,12-13H2,1-2H3,(H,22,23,25). The summed E-state index contributed by atoms with van der Waals surface area (Å²) in [7, 11) is 4.21. The molecule has 1 aliphatic carbocycles. The zero-order valence-corrected chi connectivity index (χ0v) is 14.5. The lowest BCUT2D eigenvalue weighted by molar-refractivity contribution is 0.102. The van der Waals surface area contributed by atoms with Crippen LogP contribution in [-0.2, 0) is 0 Å². The molecule has 5 heteroatoms. The van der Waals surface area contributed by atoms with E-state index >= 15 is 0 Å². The Bertz CT molecular complexity index is 784. The summed E-state index contributed by atoms with van der Waals surface area (Å²) in [4.78, 5) is 19.0. The second-order valence-corrected chi connectivity index (χ2v) is 6.49. The van der Waals surface area contributed by atoms with Crippen LogP contribution in [0.4, 0.5) is 10.2 Å². The monoisotopic (exact) mass is 339 g/mol. The van der Waals surface area contributed by atoms with Gasteiger partial charge in [-0.2, -0.15) is 0 Å². The van der Waals surface area contributed by atoms with E-state index in [-0.39, 0.29) is 11.7 Å². The Morgan fingerprint density at radius 3 is 2.60 bits per heavy atom. The molecule has 3 rings (SSSR count). The number of hydrogen-bond acceptors (Lipinski definition) is 3. The van der Waals surface area contributed by atoms with Crippen molar-refractivity contribution in [3.8, 4) is 0 Å². The van der Waals surface area contributed by atoms with Crippen molar-refractivity contribution in [1.29, 1.82) is 0 Å². The van der Waals surface area contributed by atoms with Gasteiger partial charge >= 0.3 is 0 Å². The van der Waals surface area contributed by atoms with Crippen molar-refractivity contribution in [2.24, 2.45) is 0 Å². The molecule has 0 saturated heterocycles. The molecule has 1 unspecified atom stereocenters. The second kappa shape index (κ2) is 7.57. The Labute approximate surface area is 147 Å². The second-order valence-electron chi connectivity index (χ2n) is 6.49. The van der Waals surface area contributed by atoms with E-state index in [9.17, 15) is 9.18 Å². The third-order valence-electron chi connectivity index (χ3n) is 4.54. The van der Waals surface area contributed by atoms with E-state index in [0.717, 1.165) is 25.0 Å². The number of pyridine rings is 1. The van der Waals surface area contributed by atoms with Crippen LogP contribution in [0.3, 0.4) is 0 Å². The van der Waals surface area contributed by atoms with Gasteiger partial charge in [0, 0.05) is 11.6 Å². The molecule has 130 valence electrons. The summed E-state index contributed by atoms with van der Waals surface area (Å²) in [6.07, 6.45) is 5.33. The fourth-order valence-electron chi connectivity index (χ4n) is 2.99. The molecular formula is C20H22FN3O. The maximum absolute atomic E-state index is 13.0. The highest BCUT2D eigenvalue weighted by Gasteiger charge is 2.18. The molecule has 25 heavy (non-hydrogen) atoms. The summed E-state index contributed by atoms with van der Waals surface area (Å²) in [6.45, 7) is 0. The van der Waals surface area contributed by atoms with Gasteiger partial charge in [-0.1, -0.05) is 12.1 Å². The zero-order chi connectivity index (χ0) is 17.8. The maximum Gasteiger partial charge on any atom is 0.256 e. The lowest BCUT2D eigenvalue weighted by Gasteiger charge is -2.27. The van der Waals surface area contributed by atoms with Gasteiger partial charge in [0.25, 0.3) is 5.91 Å². The summed E-state index contributed by atoms with van der Waals surface area (Å²) in [6, 6.07) is 11.7. The fourth-order valence-corrected chi connectivity index (χ4v) is 2.99. The zero-order valence-electron chi connectivity index (χ0n) is 14.5. The Morgan fingerprint density at radius 2 is 1.96 bits per heavy atom. The molecule has 0 fully saturated rings. The highest BCUT2D eigenvalue weighted by Crippen LogP contribution is 2.28. The number of aromatic nitrogens is 1. The minimum Gasteiger partial charge on any atom is -0.307 e. The largest absolute Gasteiger partial charge is 0.307 e. The predicted octanol–water partition coefficient (Wildman–Crippen LogP) is 3.97. The molecule has 0 radical (unpaired) electrons. The van der Waals surface area contributed by atoms with E-state index in [1.807, 2.05) is 12.1 Å². The van der Waals surface area contributed by atoms with Crippen molar-refractivity contribution in [3.05, 3.63) is 65.6 Å². The van der Waals surface area contributed by atoms with Crippen molar-refractivity contribution in [1.82, 2.24) is 9.88 Å². The quantitative estimate of drug-likeness (QED) is 0.917. The number of nitrogens with one attached hydrogen (secondary N) is 1. The maximum atomic E-state index is 13.0. The molecular weight excluding hydrogens is 317 g/mol. The van der Waals surface area contributed by atoms with Gasteiger partial charge in [0.1, 0.15) is 11.6 Å². The molecule has 1 aromatic heterocycles. The predicted molar refractivity (Wildman–Crippen MR) is 97.9 cm³/mol. The van der Waals surface area contributed by atoms with Gasteiger partial charge in [-0.25, -0.2) is 9.37 Å². The molecule has 0 aliphatic heterocycles. The van der Waals surface area contributed by atoms with Crippen molar-refractivity contribution in [3.63, 3.8) is 0 Å². The number of hydrogen-bond donors (Lipinski definition) is 1. The van der Waals surface area contributed by atoms with Gasteiger partial charge in [-0.3, -0.25) is 4.79 Å². The number of anilines is 1. The van der Waals surface area contributed by atoms with Crippen LogP contribution in [0.5, 0.6) is 0 Å². The van der Waals surface area contributed by atoms with E-state index in [2.05, 4.69) is 35.4 Å². The molecule has 0 bridgehead atoms. The number of carbonyl (C=O) groups is 1. The first kappa shape index (κ1) is 17.3. The van der Waals surface area contributed by atoms with Gasteiger partial charge in [0.05, 0.1) is 5.69 Å². The summed E-state index contributed by atoms with van der Waals surface area (Å²) in [5.41, 5.74) is 2.52.